The van der Waals surface area contributed by atoms with E-state index in [9.17, 15) is 26.4 Å². The maximum atomic E-state index is 13.6. The molecule has 2 aromatic heterocycles. The molecule has 38 heavy (non-hydrogen) atoms. The molecule has 0 saturated heterocycles. The van der Waals surface area contributed by atoms with Gasteiger partial charge in [0.2, 0.25) is 5.88 Å². The zero-order valence-electron chi connectivity index (χ0n) is 21.1. The van der Waals surface area contributed by atoms with Crippen LogP contribution in [0.4, 0.5) is 13.2 Å². The molecular weight excluding hydrogens is 521 g/mol. The molecule has 3 aromatic rings. The van der Waals surface area contributed by atoms with Gasteiger partial charge in [-0.2, -0.15) is 13.2 Å². The summed E-state index contributed by atoms with van der Waals surface area (Å²) in [5, 5.41) is -0.575. The number of hydrogen-bond acceptors (Lipinski definition) is 8. The Balaban J connectivity index is 1.57. The molecule has 0 N–H and O–H groups in total. The molecule has 1 aliphatic rings. The van der Waals surface area contributed by atoms with Crippen LogP contribution in [0.15, 0.2) is 42.7 Å². The molecule has 1 aliphatic carbocycles. The third-order valence-corrected chi connectivity index (χ3v) is 8.43. The van der Waals surface area contributed by atoms with Gasteiger partial charge in [0.05, 0.1) is 41.1 Å². The smallest absolute Gasteiger partial charge is 0.433 e. The van der Waals surface area contributed by atoms with Gasteiger partial charge in [-0.05, 0) is 45.2 Å². The zero-order chi connectivity index (χ0) is 27.7. The molecule has 4 rings (SSSR count). The average Bonchev–Trinajstić information content (AvgIpc) is 3.70. The van der Waals surface area contributed by atoms with Crippen LogP contribution in [0.1, 0.15) is 56.4 Å². The highest BCUT2D eigenvalue weighted by atomic mass is 32.2. The Hall–Kier alpha value is -3.41. The number of nitrogens with zero attached hydrogens (tertiary/aromatic N) is 4. The molecular formula is C26H27F3N4O4S. The van der Waals surface area contributed by atoms with Gasteiger partial charge in [0, 0.05) is 12.0 Å². The summed E-state index contributed by atoms with van der Waals surface area (Å²) >= 11 is 0. The second-order valence-electron chi connectivity index (χ2n) is 9.66. The van der Waals surface area contributed by atoms with Crippen molar-refractivity contribution in [2.45, 2.75) is 62.6 Å². The van der Waals surface area contributed by atoms with E-state index in [0.29, 0.717) is 36.6 Å². The molecule has 2 heterocycles. The highest BCUT2D eigenvalue weighted by Gasteiger charge is 2.40. The van der Waals surface area contributed by atoms with Crippen LogP contribution in [0.5, 0.6) is 5.88 Å². The number of ketones is 1. The Bertz CT molecular complexity index is 1440. The standard InChI is InChI=1S/C26H27F3N4O4S/c1-4-37-24-14-30-13-19(31-24)17-7-5-16(6-8-17)11-22(34)25(2,3)20-12-21(26(27,28)29)33-23(32-20)15-38(35,36)18-9-10-18/h5-8,12-14,18H,4,9-11,15H2,1-3H3. The number of halogens is 3. The van der Waals surface area contributed by atoms with Crippen LogP contribution >= 0.6 is 0 Å². The Morgan fingerprint density at radius 1 is 1.03 bits per heavy atom. The lowest BCUT2D eigenvalue weighted by atomic mass is 9.81. The largest absolute Gasteiger partial charge is 0.477 e. The second kappa shape index (κ2) is 10.4. The maximum Gasteiger partial charge on any atom is 0.433 e. The minimum atomic E-state index is -4.83. The van der Waals surface area contributed by atoms with Gasteiger partial charge >= 0.3 is 6.18 Å². The number of ether oxygens (including phenoxy) is 1. The summed E-state index contributed by atoms with van der Waals surface area (Å²) < 4.78 is 70.9. The molecule has 0 bridgehead atoms. The van der Waals surface area contributed by atoms with Crippen molar-refractivity contribution in [2.75, 3.05) is 6.61 Å². The number of aromatic nitrogens is 4. The van der Waals surface area contributed by atoms with E-state index in [2.05, 4.69) is 19.9 Å². The number of carbonyl (C=O) groups is 1. The fraction of sp³-hybridized carbons (Fsp3) is 0.423. The van der Waals surface area contributed by atoms with E-state index >= 15 is 0 Å². The second-order valence-corrected chi connectivity index (χ2v) is 11.9. The third-order valence-electron chi connectivity index (χ3n) is 6.28. The first-order valence-corrected chi connectivity index (χ1v) is 13.8. The van der Waals surface area contributed by atoms with Crippen LogP contribution in [0.2, 0.25) is 0 Å². The highest BCUT2D eigenvalue weighted by molar-refractivity contribution is 7.91. The van der Waals surface area contributed by atoms with Crippen molar-refractivity contribution in [2.24, 2.45) is 0 Å². The number of Topliss-reactive ketones (excluding diaryl/α,β-unsaturated/α-hetero) is 1. The quantitative estimate of drug-likeness (QED) is 0.364. The molecule has 8 nitrogen and oxygen atoms in total. The van der Waals surface area contributed by atoms with E-state index < -0.39 is 43.9 Å². The zero-order valence-corrected chi connectivity index (χ0v) is 21.9. The fourth-order valence-electron chi connectivity index (χ4n) is 3.80. The van der Waals surface area contributed by atoms with Gasteiger partial charge in [0.25, 0.3) is 0 Å². The van der Waals surface area contributed by atoms with Crippen molar-refractivity contribution in [3.8, 4) is 17.1 Å². The number of carbonyl (C=O) groups excluding carboxylic acids is 1. The van der Waals surface area contributed by atoms with Gasteiger partial charge in [0.1, 0.15) is 23.1 Å². The lowest BCUT2D eigenvalue weighted by Crippen LogP contribution is -2.33. The monoisotopic (exact) mass is 548 g/mol. The number of hydrogen-bond donors (Lipinski definition) is 0. The van der Waals surface area contributed by atoms with Gasteiger partial charge in [-0.3, -0.25) is 9.78 Å². The van der Waals surface area contributed by atoms with Crippen LogP contribution in [-0.4, -0.2) is 46.0 Å². The normalized spacial score (nSPS) is 14.4. The molecule has 0 spiro atoms. The van der Waals surface area contributed by atoms with Crippen LogP contribution in [0, 0.1) is 0 Å². The summed E-state index contributed by atoms with van der Waals surface area (Å²) in [7, 11) is -3.66. The Kier molecular flexibility index (Phi) is 7.55. The average molecular weight is 549 g/mol. The number of benzene rings is 1. The molecule has 202 valence electrons. The highest BCUT2D eigenvalue weighted by Crippen LogP contribution is 2.34. The topological polar surface area (TPSA) is 112 Å². The predicted molar refractivity (Wildman–Crippen MR) is 133 cm³/mol. The summed E-state index contributed by atoms with van der Waals surface area (Å²) in [4.78, 5) is 29.4. The van der Waals surface area contributed by atoms with Gasteiger partial charge < -0.3 is 4.74 Å². The van der Waals surface area contributed by atoms with E-state index in [4.69, 9.17) is 4.74 Å². The van der Waals surface area contributed by atoms with Gasteiger partial charge in [-0.25, -0.2) is 23.4 Å². The minimum absolute atomic E-state index is 0.0704. The van der Waals surface area contributed by atoms with E-state index in [1.54, 1.807) is 30.5 Å². The summed E-state index contributed by atoms with van der Waals surface area (Å²) in [5.41, 5.74) is -0.904. The molecule has 0 radical (unpaired) electrons. The van der Waals surface area contributed by atoms with Gasteiger partial charge in [-0.15, -0.1) is 0 Å². The van der Waals surface area contributed by atoms with Crippen molar-refractivity contribution >= 4 is 15.6 Å². The van der Waals surface area contributed by atoms with Crippen LogP contribution in [0.3, 0.4) is 0 Å². The minimum Gasteiger partial charge on any atom is -0.477 e. The van der Waals surface area contributed by atoms with Crippen molar-refractivity contribution in [1.82, 2.24) is 19.9 Å². The molecule has 0 amide bonds. The number of rotatable bonds is 10. The summed E-state index contributed by atoms with van der Waals surface area (Å²) in [6.07, 6.45) is -0.860. The summed E-state index contributed by atoms with van der Waals surface area (Å²) in [5.74, 6) is -1.15. The van der Waals surface area contributed by atoms with Crippen LogP contribution in [0.25, 0.3) is 11.3 Å². The number of alkyl halides is 3. The lowest BCUT2D eigenvalue weighted by molar-refractivity contribution is -0.141. The molecule has 1 aromatic carbocycles. The SMILES string of the molecule is CCOc1cncc(-c2ccc(CC(=O)C(C)(C)c3cc(C(F)(F)F)nc(CS(=O)(=O)C4CC4)n3)cc2)n1. The predicted octanol–water partition coefficient (Wildman–Crippen LogP) is 4.52. The first-order valence-electron chi connectivity index (χ1n) is 12.0. The molecule has 1 saturated carbocycles. The lowest BCUT2D eigenvalue weighted by Gasteiger charge is -2.24. The van der Waals surface area contributed by atoms with E-state index in [1.165, 1.54) is 20.0 Å². The van der Waals surface area contributed by atoms with Crippen LogP contribution < -0.4 is 4.74 Å². The van der Waals surface area contributed by atoms with Crippen molar-refractivity contribution < 1.29 is 31.1 Å². The Labute approximate surface area is 218 Å². The van der Waals surface area contributed by atoms with Gasteiger partial charge in [0.15, 0.2) is 9.84 Å². The molecule has 0 unspecified atom stereocenters. The molecule has 1 fully saturated rings. The molecule has 0 aliphatic heterocycles. The Morgan fingerprint density at radius 3 is 2.29 bits per heavy atom. The molecule has 12 heteroatoms. The van der Waals surface area contributed by atoms with E-state index in [0.717, 1.165) is 11.6 Å². The fourth-order valence-corrected chi connectivity index (χ4v) is 5.38. The van der Waals surface area contributed by atoms with Crippen molar-refractivity contribution in [3.05, 3.63) is 65.5 Å². The van der Waals surface area contributed by atoms with Crippen molar-refractivity contribution in [1.29, 1.82) is 0 Å². The molecule has 0 atom stereocenters. The first kappa shape index (κ1) is 27.6. The van der Waals surface area contributed by atoms with Gasteiger partial charge in [-0.1, -0.05) is 24.3 Å². The maximum absolute atomic E-state index is 13.6. The third kappa shape index (κ3) is 6.35. The first-order chi connectivity index (χ1) is 17.8. The summed E-state index contributed by atoms with van der Waals surface area (Å²) in [6, 6.07) is 7.71. The van der Waals surface area contributed by atoms with Crippen molar-refractivity contribution in [3.63, 3.8) is 0 Å². The van der Waals surface area contributed by atoms with Crippen LogP contribution in [-0.2, 0) is 38.4 Å². The summed E-state index contributed by atoms with van der Waals surface area (Å²) in [6.45, 7) is 5.23. The van der Waals surface area contributed by atoms with E-state index in [1.807, 2.05) is 6.92 Å². The Morgan fingerprint density at radius 2 is 1.68 bits per heavy atom. The number of sulfone groups is 1. The van der Waals surface area contributed by atoms with E-state index in [-0.39, 0.29) is 17.9 Å².